The van der Waals surface area contributed by atoms with E-state index in [4.69, 9.17) is 12.2 Å². The standard InChI is InChI=1S/C14H15N3O3S/c1-8-12(9(2)18)13(15-14(21)16(8)3)10-4-6-11(7-5-10)17(19)20/h4-7,13H,1-3H3,(H,15,21)/t13-/m1/s1. The molecule has 0 saturated carbocycles. The molecular weight excluding hydrogens is 290 g/mol. The van der Waals surface area contributed by atoms with Gasteiger partial charge in [-0.3, -0.25) is 14.9 Å². The van der Waals surface area contributed by atoms with E-state index in [1.807, 2.05) is 6.92 Å². The molecule has 1 N–H and O–H groups in total. The topological polar surface area (TPSA) is 75.5 Å². The lowest BCUT2D eigenvalue weighted by molar-refractivity contribution is -0.384. The van der Waals surface area contributed by atoms with Crippen molar-refractivity contribution in [3.63, 3.8) is 0 Å². The second kappa shape index (κ2) is 5.61. The van der Waals surface area contributed by atoms with Crippen LogP contribution in [0.25, 0.3) is 0 Å². The first-order valence-corrected chi connectivity index (χ1v) is 6.74. The lowest BCUT2D eigenvalue weighted by atomic mass is 9.92. The Bertz CT molecular complexity index is 652. The summed E-state index contributed by atoms with van der Waals surface area (Å²) in [5.74, 6) is -0.0577. The Balaban J connectivity index is 2.48. The Morgan fingerprint density at radius 1 is 1.38 bits per heavy atom. The number of nitro benzene ring substituents is 1. The van der Waals surface area contributed by atoms with Crippen LogP contribution in [0.2, 0.25) is 0 Å². The van der Waals surface area contributed by atoms with E-state index in [1.165, 1.54) is 19.1 Å². The molecule has 1 aromatic carbocycles. The van der Waals surface area contributed by atoms with Crippen LogP contribution in [0.15, 0.2) is 35.5 Å². The van der Waals surface area contributed by atoms with Crippen molar-refractivity contribution in [1.29, 1.82) is 0 Å². The molecule has 1 aromatic rings. The van der Waals surface area contributed by atoms with E-state index in [1.54, 1.807) is 24.1 Å². The molecule has 6 nitrogen and oxygen atoms in total. The van der Waals surface area contributed by atoms with Crippen LogP contribution >= 0.6 is 12.2 Å². The van der Waals surface area contributed by atoms with E-state index in [0.29, 0.717) is 10.7 Å². The zero-order valence-corrected chi connectivity index (χ0v) is 12.7. The number of ketones is 1. The van der Waals surface area contributed by atoms with E-state index in [2.05, 4.69) is 5.32 Å². The van der Waals surface area contributed by atoms with Crippen molar-refractivity contribution >= 4 is 28.8 Å². The number of nitrogens with one attached hydrogen (secondary N) is 1. The predicted molar refractivity (Wildman–Crippen MR) is 82.7 cm³/mol. The second-order valence-electron chi connectivity index (χ2n) is 4.85. The van der Waals surface area contributed by atoms with Gasteiger partial charge in [0.05, 0.1) is 11.0 Å². The number of benzene rings is 1. The molecule has 1 aliphatic heterocycles. The van der Waals surface area contributed by atoms with Crippen molar-refractivity contribution in [3.05, 3.63) is 51.2 Å². The number of thiocarbonyl (C=S) groups is 1. The van der Waals surface area contributed by atoms with Gasteiger partial charge in [-0.15, -0.1) is 0 Å². The van der Waals surface area contributed by atoms with Crippen LogP contribution in [0.5, 0.6) is 0 Å². The fourth-order valence-electron chi connectivity index (χ4n) is 2.33. The number of nitro groups is 1. The fourth-order valence-corrected chi connectivity index (χ4v) is 2.59. The minimum absolute atomic E-state index is 0.0133. The predicted octanol–water partition coefficient (Wildman–Crippen LogP) is 2.32. The fraction of sp³-hybridized carbons (Fsp3) is 0.286. The molecule has 0 aliphatic carbocycles. The smallest absolute Gasteiger partial charge is 0.269 e. The van der Waals surface area contributed by atoms with E-state index >= 15 is 0 Å². The summed E-state index contributed by atoms with van der Waals surface area (Å²) in [4.78, 5) is 23.9. The summed E-state index contributed by atoms with van der Waals surface area (Å²) in [7, 11) is 1.79. The van der Waals surface area contributed by atoms with Gasteiger partial charge in [0.15, 0.2) is 10.9 Å². The lowest BCUT2D eigenvalue weighted by Gasteiger charge is -2.35. The number of carbonyl (C=O) groups is 1. The molecule has 2 rings (SSSR count). The quantitative estimate of drug-likeness (QED) is 0.525. The highest BCUT2D eigenvalue weighted by atomic mass is 32.1. The molecule has 1 atom stereocenters. The van der Waals surface area contributed by atoms with Gasteiger partial charge in [-0.05, 0) is 43.8 Å². The largest absolute Gasteiger partial charge is 0.351 e. The molecule has 7 heteroatoms. The van der Waals surface area contributed by atoms with Crippen LogP contribution in [0.3, 0.4) is 0 Å². The molecule has 1 heterocycles. The van der Waals surface area contributed by atoms with Crippen LogP contribution in [-0.4, -0.2) is 27.8 Å². The third-order valence-corrected chi connectivity index (χ3v) is 3.96. The highest BCUT2D eigenvalue weighted by Gasteiger charge is 2.30. The Morgan fingerprint density at radius 3 is 2.43 bits per heavy atom. The third kappa shape index (κ3) is 2.78. The van der Waals surface area contributed by atoms with Crippen molar-refractivity contribution < 1.29 is 9.72 Å². The van der Waals surface area contributed by atoms with Gasteiger partial charge in [0.2, 0.25) is 0 Å². The minimum Gasteiger partial charge on any atom is -0.351 e. The molecular formula is C14H15N3O3S. The zero-order chi connectivity index (χ0) is 15.7. The van der Waals surface area contributed by atoms with Crippen molar-refractivity contribution in [2.75, 3.05) is 7.05 Å². The van der Waals surface area contributed by atoms with Crippen LogP contribution in [-0.2, 0) is 4.79 Å². The molecule has 0 aromatic heterocycles. The summed E-state index contributed by atoms with van der Waals surface area (Å²) in [5.41, 5.74) is 2.18. The van der Waals surface area contributed by atoms with E-state index in [9.17, 15) is 14.9 Å². The molecule has 0 amide bonds. The van der Waals surface area contributed by atoms with Crippen LogP contribution in [0.1, 0.15) is 25.5 Å². The Kier molecular flexibility index (Phi) is 4.04. The number of hydrogen-bond donors (Lipinski definition) is 1. The molecule has 21 heavy (non-hydrogen) atoms. The van der Waals surface area contributed by atoms with Gasteiger partial charge in [-0.25, -0.2) is 0 Å². The SMILES string of the molecule is CC(=O)C1=C(C)N(C)C(=S)N[C@@H]1c1ccc([N+](=O)[O-])cc1. The van der Waals surface area contributed by atoms with E-state index in [0.717, 1.165) is 11.3 Å². The summed E-state index contributed by atoms with van der Waals surface area (Å²) < 4.78 is 0. The summed E-state index contributed by atoms with van der Waals surface area (Å²) in [6.07, 6.45) is 0. The molecule has 1 aliphatic rings. The summed E-state index contributed by atoms with van der Waals surface area (Å²) in [5, 5.41) is 14.3. The van der Waals surface area contributed by atoms with Gasteiger partial charge >= 0.3 is 0 Å². The van der Waals surface area contributed by atoms with Gasteiger partial charge in [0, 0.05) is 30.5 Å². The maximum Gasteiger partial charge on any atom is 0.269 e. The average Bonchev–Trinajstić information content (AvgIpc) is 2.44. The first-order chi connectivity index (χ1) is 9.82. The summed E-state index contributed by atoms with van der Waals surface area (Å²) >= 11 is 5.25. The molecule has 0 unspecified atom stereocenters. The Hall–Kier alpha value is -2.28. The average molecular weight is 305 g/mol. The third-order valence-electron chi connectivity index (χ3n) is 3.57. The number of non-ortho nitro benzene ring substituents is 1. The molecule has 110 valence electrons. The number of carbonyl (C=O) groups excluding carboxylic acids is 1. The molecule has 0 radical (unpaired) electrons. The van der Waals surface area contributed by atoms with Gasteiger partial charge in [0.25, 0.3) is 5.69 Å². The number of rotatable bonds is 3. The maximum absolute atomic E-state index is 11.9. The first kappa shape index (κ1) is 15.1. The molecule has 0 bridgehead atoms. The van der Waals surface area contributed by atoms with Gasteiger partial charge in [0.1, 0.15) is 0 Å². The Labute approximate surface area is 127 Å². The summed E-state index contributed by atoms with van der Waals surface area (Å²) in [6, 6.07) is 5.74. The zero-order valence-electron chi connectivity index (χ0n) is 11.9. The lowest BCUT2D eigenvalue weighted by Crippen LogP contribution is -2.45. The van der Waals surface area contributed by atoms with Gasteiger partial charge in [-0.2, -0.15) is 0 Å². The van der Waals surface area contributed by atoms with Crippen molar-refractivity contribution in [3.8, 4) is 0 Å². The van der Waals surface area contributed by atoms with E-state index < -0.39 is 4.92 Å². The molecule has 0 spiro atoms. The van der Waals surface area contributed by atoms with Crippen LogP contribution in [0.4, 0.5) is 5.69 Å². The molecule has 0 fully saturated rings. The maximum atomic E-state index is 11.9. The first-order valence-electron chi connectivity index (χ1n) is 6.33. The van der Waals surface area contributed by atoms with Crippen molar-refractivity contribution in [2.24, 2.45) is 0 Å². The van der Waals surface area contributed by atoms with Gasteiger partial charge < -0.3 is 10.2 Å². The molecule has 0 saturated heterocycles. The van der Waals surface area contributed by atoms with E-state index in [-0.39, 0.29) is 17.5 Å². The monoisotopic (exact) mass is 305 g/mol. The second-order valence-corrected chi connectivity index (χ2v) is 5.23. The van der Waals surface area contributed by atoms with Crippen LogP contribution in [0, 0.1) is 10.1 Å². The Morgan fingerprint density at radius 2 is 1.95 bits per heavy atom. The number of nitrogens with zero attached hydrogens (tertiary/aromatic N) is 2. The minimum atomic E-state index is -0.455. The van der Waals surface area contributed by atoms with Gasteiger partial charge in [-0.1, -0.05) is 0 Å². The van der Waals surface area contributed by atoms with Crippen LogP contribution < -0.4 is 5.32 Å². The number of allylic oxidation sites excluding steroid dienone is 1. The number of Topliss-reactive ketones (excluding diaryl/α,β-unsaturated/α-hetero) is 1. The van der Waals surface area contributed by atoms with Crippen molar-refractivity contribution in [2.45, 2.75) is 19.9 Å². The number of hydrogen-bond acceptors (Lipinski definition) is 4. The highest BCUT2D eigenvalue weighted by Crippen LogP contribution is 2.31. The van der Waals surface area contributed by atoms with Crippen molar-refractivity contribution in [1.82, 2.24) is 10.2 Å². The highest BCUT2D eigenvalue weighted by molar-refractivity contribution is 7.80. The normalized spacial score (nSPS) is 18.5. The summed E-state index contributed by atoms with van der Waals surface area (Å²) in [6.45, 7) is 3.34.